The van der Waals surface area contributed by atoms with Gasteiger partial charge in [-0.05, 0) is 33.5 Å². The molecule has 2 rings (SSSR count). The van der Waals surface area contributed by atoms with Crippen LogP contribution in [-0.2, 0) is 11.3 Å². The summed E-state index contributed by atoms with van der Waals surface area (Å²) in [5.41, 5.74) is 1.84. The smallest absolute Gasteiger partial charge is 0.358 e. The average molecular weight is 302 g/mol. The van der Waals surface area contributed by atoms with Crippen LogP contribution in [-0.4, -0.2) is 20.4 Å². The molecule has 7 heteroatoms. The van der Waals surface area contributed by atoms with E-state index in [2.05, 4.69) is 24.1 Å². The van der Waals surface area contributed by atoms with Crippen LogP contribution in [0.1, 0.15) is 31.2 Å². The van der Waals surface area contributed by atoms with E-state index in [0.29, 0.717) is 17.4 Å². The number of nitro groups is 1. The molecule has 0 bridgehead atoms. The number of nitrogens with zero attached hydrogens (tertiary/aromatic N) is 3. The quantitative estimate of drug-likeness (QED) is 0.679. The molecule has 0 atom stereocenters. The molecule has 7 nitrogen and oxygen atoms in total. The molecule has 0 saturated heterocycles. The highest BCUT2D eigenvalue weighted by Crippen LogP contribution is 2.18. The van der Waals surface area contributed by atoms with Gasteiger partial charge in [-0.15, -0.1) is 0 Å². The molecule has 0 aliphatic heterocycles. The van der Waals surface area contributed by atoms with Gasteiger partial charge in [-0.3, -0.25) is 9.36 Å². The Kier molecular flexibility index (Phi) is 4.55. The number of benzene rings is 1. The zero-order valence-corrected chi connectivity index (χ0v) is 12.7. The average Bonchev–Trinajstić information content (AvgIpc) is 2.80. The van der Waals surface area contributed by atoms with Crippen LogP contribution in [0.15, 0.2) is 30.5 Å². The van der Waals surface area contributed by atoms with Gasteiger partial charge >= 0.3 is 5.82 Å². The number of nitrogens with one attached hydrogen (secondary N) is 1. The van der Waals surface area contributed by atoms with Gasteiger partial charge in [-0.1, -0.05) is 26.0 Å². The number of hydrogen-bond donors (Lipinski definition) is 1. The second-order valence-electron chi connectivity index (χ2n) is 5.36. The molecule has 116 valence electrons. The highest BCUT2D eigenvalue weighted by atomic mass is 16.6. The van der Waals surface area contributed by atoms with Crippen molar-refractivity contribution in [3.05, 3.63) is 52.0 Å². The van der Waals surface area contributed by atoms with Gasteiger partial charge in [0.2, 0.25) is 11.7 Å². The molecule has 0 unspecified atom stereocenters. The first-order chi connectivity index (χ1) is 10.4. The predicted molar refractivity (Wildman–Crippen MR) is 82.8 cm³/mol. The van der Waals surface area contributed by atoms with Crippen LogP contribution in [0.3, 0.4) is 0 Å². The van der Waals surface area contributed by atoms with Gasteiger partial charge in [0.05, 0.1) is 0 Å². The van der Waals surface area contributed by atoms with Crippen molar-refractivity contribution in [1.29, 1.82) is 0 Å². The van der Waals surface area contributed by atoms with Crippen molar-refractivity contribution in [3.8, 4) is 0 Å². The second-order valence-corrected chi connectivity index (χ2v) is 5.36. The number of aromatic nitrogens is 2. The third-order valence-corrected chi connectivity index (χ3v) is 3.30. The molecule has 1 aromatic carbocycles. The number of rotatable bonds is 5. The number of anilines is 1. The fourth-order valence-corrected chi connectivity index (χ4v) is 2.07. The van der Waals surface area contributed by atoms with Crippen LogP contribution in [0.25, 0.3) is 0 Å². The van der Waals surface area contributed by atoms with Crippen molar-refractivity contribution in [2.45, 2.75) is 33.2 Å². The van der Waals surface area contributed by atoms with E-state index in [1.54, 1.807) is 6.92 Å². The molecule has 22 heavy (non-hydrogen) atoms. The fourth-order valence-electron chi connectivity index (χ4n) is 2.07. The molecule has 0 saturated carbocycles. The maximum atomic E-state index is 12.1. The number of carbonyl (C=O) groups excluding carboxylic acids is 1. The van der Waals surface area contributed by atoms with Crippen LogP contribution in [0.2, 0.25) is 0 Å². The standard InChI is InChI=1S/C15H18N4O3/c1-10(2)12-5-4-6-13(7-12)17-15(20)9-18-8-14(19(21)22)16-11(18)3/h4-8,10H,9H2,1-3H3,(H,17,20). The van der Waals surface area contributed by atoms with E-state index in [0.717, 1.165) is 5.56 Å². The zero-order chi connectivity index (χ0) is 16.3. The second kappa shape index (κ2) is 6.38. The lowest BCUT2D eigenvalue weighted by molar-refractivity contribution is -0.389. The summed E-state index contributed by atoms with van der Waals surface area (Å²) in [6.45, 7) is 5.77. The number of amides is 1. The molecule has 2 aromatic rings. The minimum Gasteiger partial charge on any atom is -0.358 e. The Labute approximate surface area is 128 Å². The van der Waals surface area contributed by atoms with E-state index in [1.165, 1.54) is 10.8 Å². The molecule has 1 aromatic heterocycles. The Bertz CT molecular complexity index is 707. The van der Waals surface area contributed by atoms with Crippen LogP contribution in [0, 0.1) is 17.0 Å². The Morgan fingerprint density at radius 3 is 2.77 bits per heavy atom. The predicted octanol–water partition coefficient (Wildman–Crippen LogP) is 2.86. The lowest BCUT2D eigenvalue weighted by Crippen LogP contribution is -2.19. The third-order valence-electron chi connectivity index (χ3n) is 3.30. The van der Waals surface area contributed by atoms with Crippen LogP contribution in [0.5, 0.6) is 0 Å². The monoisotopic (exact) mass is 302 g/mol. The van der Waals surface area contributed by atoms with Gasteiger partial charge in [0.15, 0.2) is 0 Å². The molecule has 0 spiro atoms. The Hall–Kier alpha value is -2.70. The number of aryl methyl sites for hydroxylation is 1. The highest BCUT2D eigenvalue weighted by molar-refractivity contribution is 5.90. The summed E-state index contributed by atoms with van der Waals surface area (Å²) in [6, 6.07) is 7.63. The summed E-state index contributed by atoms with van der Waals surface area (Å²) in [6.07, 6.45) is 1.26. The van der Waals surface area contributed by atoms with E-state index in [1.807, 2.05) is 24.3 Å². The molecule has 0 radical (unpaired) electrons. The van der Waals surface area contributed by atoms with E-state index < -0.39 is 4.92 Å². The summed E-state index contributed by atoms with van der Waals surface area (Å²) in [5, 5.41) is 13.5. The van der Waals surface area contributed by atoms with Gasteiger partial charge in [0.1, 0.15) is 12.7 Å². The Morgan fingerprint density at radius 2 is 2.18 bits per heavy atom. The van der Waals surface area contributed by atoms with E-state index >= 15 is 0 Å². The fraction of sp³-hybridized carbons (Fsp3) is 0.333. The van der Waals surface area contributed by atoms with E-state index in [9.17, 15) is 14.9 Å². The summed E-state index contributed by atoms with van der Waals surface area (Å²) in [5.74, 6) is 0.289. The number of imidazole rings is 1. The minimum absolute atomic E-state index is 0.0153. The van der Waals surface area contributed by atoms with Crippen molar-refractivity contribution < 1.29 is 9.72 Å². The lowest BCUT2D eigenvalue weighted by Gasteiger charge is -2.09. The zero-order valence-electron chi connectivity index (χ0n) is 12.7. The van der Waals surface area contributed by atoms with Crippen molar-refractivity contribution in [1.82, 2.24) is 9.55 Å². The van der Waals surface area contributed by atoms with Gasteiger partial charge in [-0.2, -0.15) is 0 Å². The third kappa shape index (κ3) is 3.69. The van der Waals surface area contributed by atoms with E-state index in [-0.39, 0.29) is 18.3 Å². The molecular formula is C15H18N4O3. The molecular weight excluding hydrogens is 284 g/mol. The number of carbonyl (C=O) groups is 1. The molecule has 1 N–H and O–H groups in total. The van der Waals surface area contributed by atoms with Crippen LogP contribution >= 0.6 is 0 Å². The first-order valence-electron chi connectivity index (χ1n) is 6.95. The van der Waals surface area contributed by atoms with Gasteiger partial charge < -0.3 is 15.4 Å². The normalized spacial score (nSPS) is 10.7. The first kappa shape index (κ1) is 15.7. The summed E-state index contributed by atoms with van der Waals surface area (Å²) in [4.78, 5) is 26.0. The molecule has 0 fully saturated rings. The summed E-state index contributed by atoms with van der Waals surface area (Å²) < 4.78 is 1.46. The Balaban J connectivity index is 2.07. The van der Waals surface area contributed by atoms with Crippen molar-refractivity contribution in [3.63, 3.8) is 0 Å². The highest BCUT2D eigenvalue weighted by Gasteiger charge is 2.17. The summed E-state index contributed by atoms with van der Waals surface area (Å²) in [7, 11) is 0. The maximum Gasteiger partial charge on any atom is 0.381 e. The Morgan fingerprint density at radius 1 is 1.45 bits per heavy atom. The topological polar surface area (TPSA) is 90.1 Å². The largest absolute Gasteiger partial charge is 0.381 e. The molecule has 0 aliphatic rings. The van der Waals surface area contributed by atoms with Gasteiger partial charge in [-0.25, -0.2) is 0 Å². The summed E-state index contributed by atoms with van der Waals surface area (Å²) >= 11 is 0. The molecule has 0 aliphatic carbocycles. The van der Waals surface area contributed by atoms with E-state index in [4.69, 9.17) is 0 Å². The first-order valence-corrected chi connectivity index (χ1v) is 6.95. The van der Waals surface area contributed by atoms with Gasteiger partial charge in [0.25, 0.3) is 0 Å². The van der Waals surface area contributed by atoms with Crippen molar-refractivity contribution >= 4 is 17.4 Å². The minimum atomic E-state index is -0.576. The molecule has 1 amide bonds. The maximum absolute atomic E-state index is 12.1. The SMILES string of the molecule is Cc1nc([N+](=O)[O-])cn1CC(=O)Nc1cccc(C(C)C)c1. The lowest BCUT2D eigenvalue weighted by atomic mass is 10.0. The molecule has 1 heterocycles. The van der Waals surface area contributed by atoms with Crippen LogP contribution in [0.4, 0.5) is 11.5 Å². The number of hydrogen-bond acceptors (Lipinski definition) is 4. The van der Waals surface area contributed by atoms with Gasteiger partial charge in [0, 0.05) is 12.6 Å². The van der Waals surface area contributed by atoms with Crippen molar-refractivity contribution in [2.75, 3.05) is 5.32 Å². The van der Waals surface area contributed by atoms with Crippen molar-refractivity contribution in [2.24, 2.45) is 0 Å². The van der Waals surface area contributed by atoms with Crippen LogP contribution < -0.4 is 5.32 Å².